The molecular formula is C16H19N3O. The summed E-state index contributed by atoms with van der Waals surface area (Å²) in [7, 11) is 0. The molecule has 4 nitrogen and oxygen atoms in total. The zero-order chi connectivity index (χ0) is 14.5. The summed E-state index contributed by atoms with van der Waals surface area (Å²) in [6.45, 7) is 5.30. The highest BCUT2D eigenvalue weighted by Gasteiger charge is 2.06. The summed E-state index contributed by atoms with van der Waals surface area (Å²) in [5.41, 5.74) is 1.61. The van der Waals surface area contributed by atoms with Crippen LogP contribution in [0.25, 0.3) is 10.9 Å². The highest BCUT2D eigenvalue weighted by Crippen LogP contribution is 2.17. The first-order chi connectivity index (χ1) is 9.60. The summed E-state index contributed by atoms with van der Waals surface area (Å²) >= 11 is 0. The molecule has 0 unspecified atom stereocenters. The molecule has 20 heavy (non-hydrogen) atoms. The molecule has 1 N–H and O–H groups in total. The quantitative estimate of drug-likeness (QED) is 0.907. The summed E-state index contributed by atoms with van der Waals surface area (Å²) in [6.07, 6.45) is 2.87. The van der Waals surface area contributed by atoms with Gasteiger partial charge in [0.1, 0.15) is 6.54 Å². The molecule has 0 aliphatic rings. The van der Waals surface area contributed by atoms with E-state index in [0.29, 0.717) is 24.6 Å². The largest absolute Gasteiger partial charge is 0.355 e. The van der Waals surface area contributed by atoms with E-state index in [1.54, 1.807) is 6.07 Å². The molecule has 0 bridgehead atoms. The Balaban J connectivity index is 2.03. The molecule has 0 fully saturated rings. The molecule has 0 saturated carbocycles. The minimum Gasteiger partial charge on any atom is -0.355 e. The van der Waals surface area contributed by atoms with Crippen molar-refractivity contribution in [3.63, 3.8) is 0 Å². The van der Waals surface area contributed by atoms with Crippen LogP contribution in [-0.2, 0) is 11.3 Å². The van der Waals surface area contributed by atoms with E-state index in [0.717, 1.165) is 17.3 Å². The number of amides is 1. The van der Waals surface area contributed by atoms with E-state index in [1.807, 2.05) is 29.0 Å². The van der Waals surface area contributed by atoms with Gasteiger partial charge in [0.2, 0.25) is 5.91 Å². The van der Waals surface area contributed by atoms with Gasteiger partial charge in [-0.25, -0.2) is 0 Å². The van der Waals surface area contributed by atoms with Crippen LogP contribution in [0.15, 0.2) is 30.5 Å². The molecule has 0 aliphatic carbocycles. The second-order valence-electron chi connectivity index (χ2n) is 5.36. The van der Waals surface area contributed by atoms with Gasteiger partial charge in [-0.05, 0) is 36.6 Å². The number of carbonyl (C=O) groups is 1. The standard InChI is InChI=1S/C16H19N3O/c1-12(2)5-7-18-16(20)11-19-8-6-14-9-13(10-17)3-4-15(14)19/h3-4,6,8-9,12H,5,7,11H2,1-2H3,(H,18,20). The fourth-order valence-corrected chi connectivity index (χ4v) is 2.12. The second kappa shape index (κ2) is 6.25. The monoisotopic (exact) mass is 269 g/mol. The van der Waals surface area contributed by atoms with Crippen LogP contribution in [0.2, 0.25) is 0 Å². The van der Waals surface area contributed by atoms with Crippen LogP contribution in [0, 0.1) is 17.2 Å². The number of hydrogen-bond donors (Lipinski definition) is 1. The SMILES string of the molecule is CC(C)CCNC(=O)Cn1ccc2cc(C#N)ccc21. The molecule has 0 aliphatic heterocycles. The molecular weight excluding hydrogens is 250 g/mol. The van der Waals surface area contributed by atoms with E-state index >= 15 is 0 Å². The number of nitrogens with one attached hydrogen (secondary N) is 1. The Bertz CT molecular complexity index is 649. The van der Waals surface area contributed by atoms with Gasteiger partial charge in [-0.1, -0.05) is 13.8 Å². The van der Waals surface area contributed by atoms with Crippen molar-refractivity contribution in [1.29, 1.82) is 5.26 Å². The summed E-state index contributed by atoms with van der Waals surface area (Å²) in [5.74, 6) is 0.611. The molecule has 4 heteroatoms. The van der Waals surface area contributed by atoms with Crippen molar-refractivity contribution in [2.24, 2.45) is 5.92 Å². The van der Waals surface area contributed by atoms with Crippen LogP contribution >= 0.6 is 0 Å². The third-order valence-electron chi connectivity index (χ3n) is 3.26. The van der Waals surface area contributed by atoms with E-state index in [1.165, 1.54) is 0 Å². The van der Waals surface area contributed by atoms with Crippen molar-refractivity contribution in [1.82, 2.24) is 9.88 Å². The normalized spacial score (nSPS) is 10.7. The van der Waals surface area contributed by atoms with Gasteiger partial charge in [0.25, 0.3) is 0 Å². The Morgan fingerprint density at radius 2 is 2.20 bits per heavy atom. The first kappa shape index (κ1) is 14.1. The third kappa shape index (κ3) is 3.39. The smallest absolute Gasteiger partial charge is 0.239 e. The van der Waals surface area contributed by atoms with Crippen molar-refractivity contribution >= 4 is 16.8 Å². The fourth-order valence-electron chi connectivity index (χ4n) is 2.12. The molecule has 1 amide bonds. The van der Waals surface area contributed by atoms with Crippen molar-refractivity contribution in [3.05, 3.63) is 36.0 Å². The van der Waals surface area contributed by atoms with Gasteiger partial charge >= 0.3 is 0 Å². The molecule has 2 aromatic rings. The minimum atomic E-state index is 0.0208. The summed E-state index contributed by atoms with van der Waals surface area (Å²) in [6, 6.07) is 9.54. The summed E-state index contributed by atoms with van der Waals surface area (Å²) in [4.78, 5) is 11.9. The lowest BCUT2D eigenvalue weighted by atomic mass is 10.1. The van der Waals surface area contributed by atoms with Gasteiger partial charge in [-0.2, -0.15) is 5.26 Å². The van der Waals surface area contributed by atoms with Gasteiger partial charge in [-0.15, -0.1) is 0 Å². The van der Waals surface area contributed by atoms with Gasteiger partial charge in [0.15, 0.2) is 0 Å². The second-order valence-corrected chi connectivity index (χ2v) is 5.36. The van der Waals surface area contributed by atoms with Crippen molar-refractivity contribution < 1.29 is 4.79 Å². The maximum Gasteiger partial charge on any atom is 0.239 e. The highest BCUT2D eigenvalue weighted by atomic mass is 16.1. The Labute approximate surface area is 119 Å². The van der Waals surface area contributed by atoms with E-state index in [4.69, 9.17) is 5.26 Å². The number of benzene rings is 1. The molecule has 104 valence electrons. The lowest BCUT2D eigenvalue weighted by molar-refractivity contribution is -0.121. The Morgan fingerprint density at radius 3 is 2.90 bits per heavy atom. The number of carbonyl (C=O) groups excluding carboxylic acids is 1. The Kier molecular flexibility index (Phi) is 4.41. The zero-order valence-electron chi connectivity index (χ0n) is 11.9. The van der Waals surface area contributed by atoms with Crippen LogP contribution in [0.1, 0.15) is 25.8 Å². The summed E-state index contributed by atoms with van der Waals surface area (Å²) in [5, 5.41) is 12.8. The van der Waals surface area contributed by atoms with Crippen LogP contribution in [-0.4, -0.2) is 17.0 Å². The van der Waals surface area contributed by atoms with Crippen molar-refractivity contribution in [2.75, 3.05) is 6.54 Å². The number of rotatable bonds is 5. The molecule has 1 aromatic heterocycles. The maximum atomic E-state index is 11.9. The molecule has 2 rings (SSSR count). The first-order valence-corrected chi connectivity index (χ1v) is 6.86. The Morgan fingerprint density at radius 1 is 1.40 bits per heavy atom. The molecule has 0 radical (unpaired) electrons. The average Bonchev–Trinajstić information content (AvgIpc) is 2.80. The zero-order valence-corrected chi connectivity index (χ0v) is 11.9. The maximum absolute atomic E-state index is 11.9. The molecule has 0 saturated heterocycles. The number of aromatic nitrogens is 1. The van der Waals surface area contributed by atoms with Crippen molar-refractivity contribution in [3.8, 4) is 6.07 Å². The van der Waals surface area contributed by atoms with E-state index in [2.05, 4.69) is 25.2 Å². The predicted molar refractivity (Wildman–Crippen MR) is 79.1 cm³/mol. The van der Waals surface area contributed by atoms with Crippen LogP contribution in [0.5, 0.6) is 0 Å². The van der Waals surface area contributed by atoms with Gasteiger partial charge in [0.05, 0.1) is 11.6 Å². The number of nitriles is 1. The molecule has 1 heterocycles. The number of fused-ring (bicyclic) bond motifs is 1. The topological polar surface area (TPSA) is 57.8 Å². The van der Waals surface area contributed by atoms with Gasteiger partial charge in [-0.3, -0.25) is 4.79 Å². The average molecular weight is 269 g/mol. The molecule has 0 spiro atoms. The summed E-state index contributed by atoms with van der Waals surface area (Å²) < 4.78 is 1.90. The first-order valence-electron chi connectivity index (χ1n) is 6.86. The fraction of sp³-hybridized carbons (Fsp3) is 0.375. The number of nitrogens with zero attached hydrogens (tertiary/aromatic N) is 2. The van der Waals surface area contributed by atoms with Crippen LogP contribution in [0.4, 0.5) is 0 Å². The highest BCUT2D eigenvalue weighted by molar-refractivity contribution is 5.84. The minimum absolute atomic E-state index is 0.0208. The third-order valence-corrected chi connectivity index (χ3v) is 3.26. The predicted octanol–water partition coefficient (Wildman–Crippen LogP) is 2.68. The lowest BCUT2D eigenvalue weighted by Gasteiger charge is -2.08. The van der Waals surface area contributed by atoms with Crippen LogP contribution < -0.4 is 5.32 Å². The van der Waals surface area contributed by atoms with Gasteiger partial charge < -0.3 is 9.88 Å². The van der Waals surface area contributed by atoms with E-state index in [9.17, 15) is 4.79 Å². The molecule has 0 atom stereocenters. The van der Waals surface area contributed by atoms with E-state index < -0.39 is 0 Å². The van der Waals surface area contributed by atoms with Crippen molar-refractivity contribution in [2.45, 2.75) is 26.8 Å². The van der Waals surface area contributed by atoms with Crippen LogP contribution in [0.3, 0.4) is 0 Å². The lowest BCUT2D eigenvalue weighted by Crippen LogP contribution is -2.28. The molecule has 1 aromatic carbocycles. The number of hydrogen-bond acceptors (Lipinski definition) is 2. The Hall–Kier alpha value is -2.28. The van der Waals surface area contributed by atoms with Gasteiger partial charge in [0, 0.05) is 23.6 Å². The van der Waals surface area contributed by atoms with E-state index in [-0.39, 0.29) is 5.91 Å².